The van der Waals surface area contributed by atoms with Gasteiger partial charge in [-0.05, 0) is 13.0 Å². The van der Waals surface area contributed by atoms with Gasteiger partial charge in [0.1, 0.15) is 6.54 Å². The molecule has 0 saturated carbocycles. The molecular weight excluding hydrogens is 268 g/mol. The maximum atomic E-state index is 12.1. The molecule has 0 saturated heterocycles. The van der Waals surface area contributed by atoms with E-state index in [0.717, 1.165) is 11.0 Å². The predicted octanol–water partition coefficient (Wildman–Crippen LogP) is 1.15. The zero-order valence-corrected chi connectivity index (χ0v) is 11.0. The molecule has 1 aromatic carbocycles. The molecule has 1 rings (SSSR count). The SMILES string of the molecule is CCN(CC(=O)O)C(=O)c1ccc([N+](=O)[O-])c(OC)c1. The van der Waals surface area contributed by atoms with Gasteiger partial charge in [0.05, 0.1) is 12.0 Å². The zero-order valence-electron chi connectivity index (χ0n) is 11.0. The van der Waals surface area contributed by atoms with E-state index in [1.165, 1.54) is 19.2 Å². The number of benzene rings is 1. The number of methoxy groups -OCH3 is 1. The lowest BCUT2D eigenvalue weighted by molar-refractivity contribution is -0.385. The first-order chi connectivity index (χ1) is 9.40. The lowest BCUT2D eigenvalue weighted by Crippen LogP contribution is -2.35. The van der Waals surface area contributed by atoms with Crippen molar-refractivity contribution in [3.63, 3.8) is 0 Å². The molecule has 108 valence electrons. The number of hydrogen-bond acceptors (Lipinski definition) is 5. The Kier molecular flexibility index (Phi) is 5.01. The van der Waals surface area contributed by atoms with E-state index in [1.54, 1.807) is 6.92 Å². The highest BCUT2D eigenvalue weighted by atomic mass is 16.6. The van der Waals surface area contributed by atoms with Gasteiger partial charge in [-0.3, -0.25) is 19.7 Å². The number of nitro benzene ring substituents is 1. The van der Waals surface area contributed by atoms with Crippen LogP contribution >= 0.6 is 0 Å². The summed E-state index contributed by atoms with van der Waals surface area (Å²) in [5, 5.41) is 19.5. The Morgan fingerprint density at radius 2 is 2.10 bits per heavy atom. The van der Waals surface area contributed by atoms with Gasteiger partial charge in [-0.25, -0.2) is 0 Å². The van der Waals surface area contributed by atoms with Gasteiger partial charge >= 0.3 is 11.7 Å². The third kappa shape index (κ3) is 3.44. The minimum absolute atomic E-state index is 0.0489. The van der Waals surface area contributed by atoms with Crippen LogP contribution in [0, 0.1) is 10.1 Å². The number of hydrogen-bond donors (Lipinski definition) is 1. The van der Waals surface area contributed by atoms with Gasteiger partial charge in [0.15, 0.2) is 5.75 Å². The van der Waals surface area contributed by atoms with E-state index >= 15 is 0 Å². The molecule has 0 spiro atoms. The number of nitro groups is 1. The molecule has 20 heavy (non-hydrogen) atoms. The van der Waals surface area contributed by atoms with Gasteiger partial charge in [0.2, 0.25) is 0 Å². The molecule has 0 bridgehead atoms. The van der Waals surface area contributed by atoms with Crippen LogP contribution in [-0.4, -0.2) is 47.0 Å². The van der Waals surface area contributed by atoms with Crippen LogP contribution in [0.25, 0.3) is 0 Å². The number of carboxylic acid groups (broad SMARTS) is 1. The van der Waals surface area contributed by atoms with Crippen molar-refractivity contribution < 1.29 is 24.4 Å². The van der Waals surface area contributed by atoms with E-state index in [1.807, 2.05) is 0 Å². The highest BCUT2D eigenvalue weighted by Crippen LogP contribution is 2.27. The van der Waals surface area contributed by atoms with Crippen LogP contribution in [0.15, 0.2) is 18.2 Å². The summed E-state index contributed by atoms with van der Waals surface area (Å²) in [7, 11) is 1.26. The first-order valence-electron chi connectivity index (χ1n) is 5.74. The van der Waals surface area contributed by atoms with Crippen LogP contribution in [0.3, 0.4) is 0 Å². The molecule has 8 heteroatoms. The van der Waals surface area contributed by atoms with Gasteiger partial charge in [0, 0.05) is 24.2 Å². The molecule has 0 heterocycles. The van der Waals surface area contributed by atoms with Crippen LogP contribution < -0.4 is 4.74 Å². The number of amides is 1. The number of ether oxygens (including phenoxy) is 1. The first kappa shape index (κ1) is 15.4. The fourth-order valence-corrected chi connectivity index (χ4v) is 1.63. The van der Waals surface area contributed by atoms with Crippen molar-refractivity contribution in [1.29, 1.82) is 0 Å². The average Bonchev–Trinajstić information content (AvgIpc) is 2.42. The van der Waals surface area contributed by atoms with Gasteiger partial charge in [-0.15, -0.1) is 0 Å². The van der Waals surface area contributed by atoms with Crippen LogP contribution in [0.5, 0.6) is 5.75 Å². The van der Waals surface area contributed by atoms with Crippen molar-refractivity contribution in [2.75, 3.05) is 20.2 Å². The minimum Gasteiger partial charge on any atom is -0.490 e. The summed E-state index contributed by atoms with van der Waals surface area (Å²) >= 11 is 0. The van der Waals surface area contributed by atoms with E-state index < -0.39 is 23.3 Å². The highest BCUT2D eigenvalue weighted by Gasteiger charge is 2.21. The predicted molar refractivity (Wildman–Crippen MR) is 68.9 cm³/mol. The summed E-state index contributed by atoms with van der Waals surface area (Å²) in [6.07, 6.45) is 0. The number of rotatable bonds is 6. The summed E-state index contributed by atoms with van der Waals surface area (Å²) in [5.74, 6) is -1.70. The third-order valence-corrected chi connectivity index (χ3v) is 2.62. The minimum atomic E-state index is -1.13. The smallest absolute Gasteiger partial charge is 0.323 e. The fraction of sp³-hybridized carbons (Fsp3) is 0.333. The first-order valence-corrected chi connectivity index (χ1v) is 5.74. The molecule has 0 unspecified atom stereocenters. The number of carbonyl (C=O) groups excluding carboxylic acids is 1. The molecule has 1 amide bonds. The van der Waals surface area contributed by atoms with E-state index in [-0.39, 0.29) is 23.5 Å². The van der Waals surface area contributed by atoms with Crippen LogP contribution in [-0.2, 0) is 4.79 Å². The van der Waals surface area contributed by atoms with Gasteiger partial charge in [-0.2, -0.15) is 0 Å². The molecular formula is C12H14N2O6. The molecule has 0 radical (unpaired) electrons. The van der Waals surface area contributed by atoms with Crippen LogP contribution in [0.1, 0.15) is 17.3 Å². The molecule has 0 atom stereocenters. The van der Waals surface area contributed by atoms with Crippen LogP contribution in [0.2, 0.25) is 0 Å². The lowest BCUT2D eigenvalue weighted by Gasteiger charge is -2.18. The van der Waals surface area contributed by atoms with Gasteiger partial charge in [-0.1, -0.05) is 0 Å². The molecule has 1 aromatic rings. The fourth-order valence-electron chi connectivity index (χ4n) is 1.63. The molecule has 0 fully saturated rings. The summed E-state index contributed by atoms with van der Waals surface area (Å²) in [4.78, 5) is 34.0. The van der Waals surface area contributed by atoms with Crippen molar-refractivity contribution in [2.45, 2.75) is 6.92 Å². The van der Waals surface area contributed by atoms with Crippen molar-refractivity contribution in [3.05, 3.63) is 33.9 Å². The lowest BCUT2D eigenvalue weighted by atomic mass is 10.1. The van der Waals surface area contributed by atoms with Crippen molar-refractivity contribution >= 4 is 17.6 Å². The van der Waals surface area contributed by atoms with Crippen molar-refractivity contribution in [3.8, 4) is 5.75 Å². The summed E-state index contributed by atoms with van der Waals surface area (Å²) < 4.78 is 4.86. The molecule has 0 aliphatic rings. The monoisotopic (exact) mass is 282 g/mol. The maximum absolute atomic E-state index is 12.1. The molecule has 0 aliphatic carbocycles. The molecule has 0 aliphatic heterocycles. The number of aliphatic carboxylic acids is 1. The zero-order chi connectivity index (χ0) is 15.3. The average molecular weight is 282 g/mol. The van der Waals surface area contributed by atoms with E-state index in [2.05, 4.69) is 0 Å². The normalized spacial score (nSPS) is 9.90. The molecule has 0 aromatic heterocycles. The second kappa shape index (κ2) is 6.50. The Morgan fingerprint density at radius 3 is 2.55 bits per heavy atom. The van der Waals surface area contributed by atoms with Crippen LogP contribution in [0.4, 0.5) is 5.69 Å². The quantitative estimate of drug-likeness (QED) is 0.619. The van der Waals surface area contributed by atoms with Crippen molar-refractivity contribution in [1.82, 2.24) is 4.90 Å². The number of carbonyl (C=O) groups is 2. The Morgan fingerprint density at radius 1 is 1.45 bits per heavy atom. The van der Waals surface area contributed by atoms with Crippen molar-refractivity contribution in [2.24, 2.45) is 0 Å². The molecule has 1 N–H and O–H groups in total. The van der Waals surface area contributed by atoms with E-state index in [9.17, 15) is 19.7 Å². The van der Waals surface area contributed by atoms with E-state index in [0.29, 0.717) is 0 Å². The Balaban J connectivity index is 3.10. The maximum Gasteiger partial charge on any atom is 0.323 e. The number of carboxylic acids is 1. The van der Waals surface area contributed by atoms with Gasteiger partial charge < -0.3 is 14.7 Å². The van der Waals surface area contributed by atoms with Gasteiger partial charge in [0.25, 0.3) is 5.91 Å². The number of likely N-dealkylation sites (N-methyl/N-ethyl adjacent to an activating group) is 1. The third-order valence-electron chi connectivity index (χ3n) is 2.62. The largest absolute Gasteiger partial charge is 0.490 e. The number of nitrogens with zero attached hydrogens (tertiary/aromatic N) is 2. The summed E-state index contributed by atoms with van der Waals surface area (Å²) in [5.41, 5.74) is -0.124. The molecule has 8 nitrogen and oxygen atoms in total. The Hall–Kier alpha value is -2.64. The summed E-state index contributed by atoms with van der Waals surface area (Å²) in [6, 6.07) is 3.65. The standard InChI is InChI=1S/C12H14N2O6/c1-3-13(7-11(15)16)12(17)8-4-5-9(14(18)19)10(6-8)20-2/h4-6H,3,7H2,1-2H3,(H,15,16). The second-order valence-corrected chi connectivity index (χ2v) is 3.86. The topological polar surface area (TPSA) is 110 Å². The Bertz CT molecular complexity index is 543. The summed E-state index contributed by atoms with van der Waals surface area (Å²) in [6.45, 7) is 1.42. The van der Waals surface area contributed by atoms with E-state index in [4.69, 9.17) is 9.84 Å². The highest BCUT2D eigenvalue weighted by molar-refractivity contribution is 5.96. The Labute approximate surface area is 114 Å². The second-order valence-electron chi connectivity index (χ2n) is 3.86.